The molecule has 0 aromatic carbocycles. The fraction of sp³-hybridized carbons (Fsp3) is 0.765. The smallest absolute Gasteiger partial charge is 0.134 e. The van der Waals surface area contributed by atoms with Gasteiger partial charge in [-0.2, -0.15) is 0 Å². The molecule has 1 aliphatic heterocycles. The van der Waals surface area contributed by atoms with Gasteiger partial charge in [-0.05, 0) is 38.2 Å². The lowest BCUT2D eigenvalue weighted by molar-refractivity contribution is 0.0779. The zero-order valence-corrected chi connectivity index (χ0v) is 14.1. The standard InChI is InChI=1S/C17H29N3O/c1-11(2)18-9-12(3)16-13(4)19-17(20-14(16)5)15-7-6-8-21-10-15/h11-12,15,18H,6-10H2,1-5H3. The zero-order chi connectivity index (χ0) is 15.4. The van der Waals surface area contributed by atoms with E-state index in [0.29, 0.717) is 17.9 Å². The molecule has 21 heavy (non-hydrogen) atoms. The molecule has 0 bridgehead atoms. The third-order valence-electron chi connectivity index (χ3n) is 4.19. The molecule has 4 heteroatoms. The quantitative estimate of drug-likeness (QED) is 0.905. The molecule has 2 atom stereocenters. The van der Waals surface area contributed by atoms with Crippen molar-refractivity contribution in [3.05, 3.63) is 22.8 Å². The van der Waals surface area contributed by atoms with Crippen LogP contribution in [0.4, 0.5) is 0 Å². The molecule has 1 aromatic heterocycles. The van der Waals surface area contributed by atoms with Crippen molar-refractivity contribution in [1.29, 1.82) is 0 Å². The number of aromatic nitrogens is 2. The molecule has 0 saturated carbocycles. The van der Waals surface area contributed by atoms with Crippen LogP contribution in [0.5, 0.6) is 0 Å². The van der Waals surface area contributed by atoms with Crippen LogP contribution < -0.4 is 5.32 Å². The number of hydrogen-bond acceptors (Lipinski definition) is 4. The Morgan fingerprint density at radius 2 is 1.86 bits per heavy atom. The van der Waals surface area contributed by atoms with E-state index >= 15 is 0 Å². The monoisotopic (exact) mass is 291 g/mol. The second kappa shape index (κ2) is 7.32. The lowest BCUT2D eigenvalue weighted by atomic mass is 9.96. The molecule has 4 nitrogen and oxygen atoms in total. The Morgan fingerprint density at radius 1 is 1.19 bits per heavy atom. The number of nitrogens with one attached hydrogen (secondary N) is 1. The lowest BCUT2D eigenvalue weighted by Gasteiger charge is -2.24. The molecule has 2 rings (SSSR count). The van der Waals surface area contributed by atoms with Gasteiger partial charge in [-0.3, -0.25) is 0 Å². The van der Waals surface area contributed by atoms with Crippen LogP contribution in [-0.2, 0) is 4.74 Å². The van der Waals surface area contributed by atoms with Crippen molar-refractivity contribution in [2.75, 3.05) is 19.8 Å². The van der Waals surface area contributed by atoms with Crippen LogP contribution in [0.2, 0.25) is 0 Å². The maximum absolute atomic E-state index is 5.57. The third kappa shape index (κ3) is 4.24. The van der Waals surface area contributed by atoms with Crippen molar-refractivity contribution in [1.82, 2.24) is 15.3 Å². The molecule has 0 aliphatic carbocycles. The molecule has 2 unspecified atom stereocenters. The average Bonchev–Trinajstić information content (AvgIpc) is 2.45. The fourth-order valence-electron chi connectivity index (χ4n) is 3.11. The van der Waals surface area contributed by atoms with Crippen molar-refractivity contribution in [2.24, 2.45) is 0 Å². The minimum absolute atomic E-state index is 0.370. The molecular formula is C17H29N3O. The highest BCUT2D eigenvalue weighted by Crippen LogP contribution is 2.26. The van der Waals surface area contributed by atoms with E-state index in [9.17, 15) is 0 Å². The van der Waals surface area contributed by atoms with Gasteiger partial charge in [-0.15, -0.1) is 0 Å². The minimum atomic E-state index is 0.370. The molecule has 1 fully saturated rings. The first-order valence-corrected chi connectivity index (χ1v) is 8.15. The summed E-state index contributed by atoms with van der Waals surface area (Å²) in [7, 11) is 0. The summed E-state index contributed by atoms with van der Waals surface area (Å²) in [5, 5.41) is 3.50. The van der Waals surface area contributed by atoms with Crippen LogP contribution in [0.3, 0.4) is 0 Å². The maximum Gasteiger partial charge on any atom is 0.134 e. The van der Waals surface area contributed by atoms with Gasteiger partial charge in [0.15, 0.2) is 0 Å². The Labute approximate surface area is 128 Å². The predicted octanol–water partition coefficient (Wildman–Crippen LogP) is 3.09. The summed E-state index contributed by atoms with van der Waals surface area (Å²) in [5.74, 6) is 1.77. The first-order chi connectivity index (χ1) is 9.99. The van der Waals surface area contributed by atoms with Crippen molar-refractivity contribution in [2.45, 2.75) is 65.3 Å². The minimum Gasteiger partial charge on any atom is -0.381 e. The molecule has 0 spiro atoms. The number of rotatable bonds is 5. The number of aryl methyl sites for hydroxylation is 2. The molecule has 2 heterocycles. The largest absolute Gasteiger partial charge is 0.381 e. The van der Waals surface area contributed by atoms with E-state index in [-0.39, 0.29) is 0 Å². The second-order valence-corrected chi connectivity index (χ2v) is 6.54. The van der Waals surface area contributed by atoms with Gasteiger partial charge in [0.25, 0.3) is 0 Å². The normalized spacial score (nSPS) is 20.8. The van der Waals surface area contributed by atoms with Crippen LogP contribution >= 0.6 is 0 Å². The summed E-state index contributed by atoms with van der Waals surface area (Å²) >= 11 is 0. The Bertz CT molecular complexity index is 444. The highest BCUT2D eigenvalue weighted by atomic mass is 16.5. The van der Waals surface area contributed by atoms with Gasteiger partial charge in [0.1, 0.15) is 5.82 Å². The molecule has 1 N–H and O–H groups in total. The van der Waals surface area contributed by atoms with E-state index in [1.54, 1.807) is 0 Å². The number of nitrogens with zero attached hydrogens (tertiary/aromatic N) is 2. The summed E-state index contributed by atoms with van der Waals surface area (Å²) in [6.07, 6.45) is 2.26. The van der Waals surface area contributed by atoms with E-state index in [1.807, 2.05) is 0 Å². The van der Waals surface area contributed by atoms with Crippen LogP contribution in [-0.4, -0.2) is 35.8 Å². The summed E-state index contributed by atoms with van der Waals surface area (Å²) in [4.78, 5) is 9.57. The molecule has 1 saturated heterocycles. The zero-order valence-electron chi connectivity index (χ0n) is 14.1. The van der Waals surface area contributed by atoms with Crippen molar-refractivity contribution < 1.29 is 4.74 Å². The van der Waals surface area contributed by atoms with E-state index in [4.69, 9.17) is 14.7 Å². The van der Waals surface area contributed by atoms with E-state index in [2.05, 4.69) is 39.9 Å². The van der Waals surface area contributed by atoms with E-state index < -0.39 is 0 Å². The fourth-order valence-corrected chi connectivity index (χ4v) is 3.11. The average molecular weight is 291 g/mol. The molecule has 1 aliphatic rings. The Hall–Kier alpha value is -1.00. The van der Waals surface area contributed by atoms with Gasteiger partial charge in [0.05, 0.1) is 6.61 Å². The summed E-state index contributed by atoms with van der Waals surface area (Å²) in [5.41, 5.74) is 3.55. The van der Waals surface area contributed by atoms with Crippen LogP contribution in [0.25, 0.3) is 0 Å². The molecule has 0 amide bonds. The topological polar surface area (TPSA) is 47.0 Å². The third-order valence-corrected chi connectivity index (χ3v) is 4.19. The van der Waals surface area contributed by atoms with E-state index in [1.165, 1.54) is 5.56 Å². The van der Waals surface area contributed by atoms with Gasteiger partial charge >= 0.3 is 0 Å². The first-order valence-electron chi connectivity index (χ1n) is 8.15. The highest BCUT2D eigenvalue weighted by molar-refractivity contribution is 5.29. The predicted molar refractivity (Wildman–Crippen MR) is 85.9 cm³/mol. The molecule has 118 valence electrons. The molecule has 1 aromatic rings. The van der Waals surface area contributed by atoms with Crippen molar-refractivity contribution >= 4 is 0 Å². The first kappa shape index (κ1) is 16.4. The van der Waals surface area contributed by atoms with Crippen molar-refractivity contribution in [3.63, 3.8) is 0 Å². The maximum atomic E-state index is 5.57. The highest BCUT2D eigenvalue weighted by Gasteiger charge is 2.22. The number of hydrogen-bond donors (Lipinski definition) is 1. The van der Waals surface area contributed by atoms with Crippen LogP contribution in [0, 0.1) is 13.8 Å². The summed E-state index contributed by atoms with van der Waals surface area (Å²) in [6, 6.07) is 0.507. The van der Waals surface area contributed by atoms with Gasteiger partial charge in [-0.25, -0.2) is 9.97 Å². The van der Waals surface area contributed by atoms with Gasteiger partial charge in [0.2, 0.25) is 0 Å². The van der Waals surface area contributed by atoms with Crippen molar-refractivity contribution in [3.8, 4) is 0 Å². The lowest BCUT2D eigenvalue weighted by Crippen LogP contribution is -2.28. The van der Waals surface area contributed by atoms with Gasteiger partial charge in [0, 0.05) is 36.5 Å². The van der Waals surface area contributed by atoms with Gasteiger partial charge < -0.3 is 10.1 Å². The van der Waals surface area contributed by atoms with Gasteiger partial charge in [-0.1, -0.05) is 20.8 Å². The Kier molecular flexibility index (Phi) is 5.71. The number of ether oxygens (including phenoxy) is 1. The molecular weight excluding hydrogens is 262 g/mol. The Morgan fingerprint density at radius 3 is 2.38 bits per heavy atom. The van der Waals surface area contributed by atoms with Crippen LogP contribution in [0.1, 0.15) is 68.2 Å². The summed E-state index contributed by atoms with van der Waals surface area (Å²) < 4.78 is 5.57. The second-order valence-electron chi connectivity index (χ2n) is 6.54. The van der Waals surface area contributed by atoms with E-state index in [0.717, 1.165) is 49.8 Å². The van der Waals surface area contributed by atoms with Crippen LogP contribution in [0.15, 0.2) is 0 Å². The Balaban J connectivity index is 2.16. The SMILES string of the molecule is Cc1nc(C2CCCOC2)nc(C)c1C(C)CNC(C)C. The molecule has 0 radical (unpaired) electrons. The summed E-state index contributed by atoms with van der Waals surface area (Å²) in [6.45, 7) is 13.4.